The molecule has 0 spiro atoms. The highest BCUT2D eigenvalue weighted by atomic mass is 32.1. The zero-order chi connectivity index (χ0) is 19.1. The zero-order valence-electron chi connectivity index (χ0n) is 14.9. The molecule has 1 aliphatic heterocycles. The van der Waals surface area contributed by atoms with Gasteiger partial charge in [0, 0.05) is 11.4 Å². The zero-order valence-corrected chi connectivity index (χ0v) is 15.8. The molecule has 0 aliphatic carbocycles. The van der Waals surface area contributed by atoms with Crippen molar-refractivity contribution >= 4 is 39.2 Å². The van der Waals surface area contributed by atoms with Gasteiger partial charge in [0.1, 0.15) is 23.0 Å². The van der Waals surface area contributed by atoms with E-state index in [-0.39, 0.29) is 5.56 Å². The van der Waals surface area contributed by atoms with Crippen molar-refractivity contribution in [3.05, 3.63) is 56.4 Å². The summed E-state index contributed by atoms with van der Waals surface area (Å²) in [5.74, 6) is -0.0644. The Morgan fingerprint density at radius 2 is 2.07 bits per heavy atom. The highest BCUT2D eigenvalue weighted by Crippen LogP contribution is 2.32. The molecule has 0 N–H and O–H groups in total. The molecule has 1 aliphatic rings. The fourth-order valence-corrected chi connectivity index (χ4v) is 4.28. The summed E-state index contributed by atoms with van der Waals surface area (Å²) in [6.07, 6.45) is 2.76. The third kappa shape index (κ3) is 3.14. The summed E-state index contributed by atoms with van der Waals surface area (Å²) in [6, 6.07) is 7.10. The third-order valence-corrected chi connectivity index (χ3v) is 5.86. The van der Waals surface area contributed by atoms with Gasteiger partial charge in [-0.1, -0.05) is 12.1 Å². The average molecular weight is 381 g/mol. The summed E-state index contributed by atoms with van der Waals surface area (Å²) in [6.45, 7) is 4.14. The van der Waals surface area contributed by atoms with Crippen LogP contribution in [0.1, 0.15) is 28.2 Å². The van der Waals surface area contributed by atoms with Gasteiger partial charge in [-0.3, -0.25) is 9.36 Å². The summed E-state index contributed by atoms with van der Waals surface area (Å²) in [5.41, 5.74) is 3.01. The molecule has 6 nitrogen and oxygen atoms in total. The van der Waals surface area contributed by atoms with E-state index in [2.05, 4.69) is 0 Å². The maximum Gasteiger partial charge on any atom is 0.262 e. The second-order valence-corrected chi connectivity index (χ2v) is 7.71. The molecule has 138 valence electrons. The number of allylic oxidation sites excluding steroid dienone is 1. The molecule has 0 saturated carbocycles. The van der Waals surface area contributed by atoms with Crippen LogP contribution in [-0.4, -0.2) is 22.1 Å². The molecule has 0 bridgehead atoms. The Morgan fingerprint density at radius 3 is 2.78 bits per heavy atom. The summed E-state index contributed by atoms with van der Waals surface area (Å²) in [4.78, 5) is 30.0. The fraction of sp³-hybridized carbons (Fsp3) is 0.250. The van der Waals surface area contributed by atoms with Gasteiger partial charge in [0.15, 0.2) is 0 Å². The first-order valence-electron chi connectivity index (χ1n) is 8.58. The number of carbonyl (C=O) groups excluding carboxylic acids is 1. The molecule has 0 saturated heterocycles. The summed E-state index contributed by atoms with van der Waals surface area (Å²) >= 11 is 1.56. The number of hydrogen-bond acceptors (Lipinski definition) is 6. The van der Waals surface area contributed by atoms with E-state index in [9.17, 15) is 14.7 Å². The standard InChI is InChI=1S/C20H18N2O4S/c1-11-12(2)27-19-17(11)20(25)22-8-7-14(18(22)21-19)9-13-3-5-15(6-4-13)26-10-16(23)24/h3-6,9H,7-8,10H2,1-2H3,(H,23,24)/p-1/b14-9-. The molecular formula is C20H17N2O4S-. The van der Waals surface area contributed by atoms with Crippen LogP contribution in [-0.2, 0) is 11.3 Å². The molecular weight excluding hydrogens is 364 g/mol. The van der Waals surface area contributed by atoms with Crippen LogP contribution in [0.15, 0.2) is 29.1 Å². The number of rotatable bonds is 4. The van der Waals surface area contributed by atoms with Crippen molar-refractivity contribution in [1.82, 2.24) is 9.55 Å². The SMILES string of the molecule is Cc1sc2nc3n(c(=O)c2c1C)CC/C3=C/c1ccc(OCC(=O)[O-])cc1. The lowest BCUT2D eigenvalue weighted by Crippen LogP contribution is -2.28. The number of carboxylic acid groups (broad SMARTS) is 1. The van der Waals surface area contributed by atoms with Crippen LogP contribution in [0.4, 0.5) is 0 Å². The van der Waals surface area contributed by atoms with E-state index in [0.717, 1.165) is 44.0 Å². The largest absolute Gasteiger partial charge is 0.546 e. The topological polar surface area (TPSA) is 84.2 Å². The molecule has 0 unspecified atom stereocenters. The Labute approximate surface area is 159 Å². The van der Waals surface area contributed by atoms with E-state index in [1.165, 1.54) is 0 Å². The van der Waals surface area contributed by atoms with Gasteiger partial charge in [0.05, 0.1) is 11.4 Å². The lowest BCUT2D eigenvalue weighted by atomic mass is 10.1. The number of ether oxygens (including phenoxy) is 1. The van der Waals surface area contributed by atoms with E-state index in [0.29, 0.717) is 12.3 Å². The first-order chi connectivity index (χ1) is 12.9. The fourth-order valence-electron chi connectivity index (χ4n) is 3.26. The second-order valence-electron chi connectivity index (χ2n) is 6.50. The van der Waals surface area contributed by atoms with Crippen molar-refractivity contribution in [2.45, 2.75) is 26.8 Å². The lowest BCUT2D eigenvalue weighted by molar-refractivity contribution is -0.307. The predicted molar refractivity (Wildman–Crippen MR) is 103 cm³/mol. The Hall–Kier alpha value is -2.93. The molecule has 0 radical (unpaired) electrons. The third-order valence-electron chi connectivity index (χ3n) is 4.76. The number of benzene rings is 1. The van der Waals surface area contributed by atoms with Gasteiger partial charge in [0.25, 0.3) is 5.56 Å². The number of fused-ring (bicyclic) bond motifs is 2. The van der Waals surface area contributed by atoms with Gasteiger partial charge in [-0.05, 0) is 55.2 Å². The molecule has 2 aromatic heterocycles. The van der Waals surface area contributed by atoms with Gasteiger partial charge in [0.2, 0.25) is 0 Å². The molecule has 3 heterocycles. The van der Waals surface area contributed by atoms with Crippen LogP contribution >= 0.6 is 11.3 Å². The van der Waals surface area contributed by atoms with Gasteiger partial charge in [-0.2, -0.15) is 0 Å². The molecule has 7 heteroatoms. The average Bonchev–Trinajstić information content (AvgIpc) is 3.16. The minimum atomic E-state index is -1.26. The maximum absolute atomic E-state index is 12.9. The van der Waals surface area contributed by atoms with E-state index in [4.69, 9.17) is 9.72 Å². The molecule has 4 rings (SSSR count). The van der Waals surface area contributed by atoms with Gasteiger partial charge < -0.3 is 14.6 Å². The minimum absolute atomic E-state index is 0.0336. The van der Waals surface area contributed by atoms with Gasteiger partial charge >= 0.3 is 0 Å². The number of aromatic nitrogens is 2. The number of thiophene rings is 1. The molecule has 0 fully saturated rings. The molecule has 3 aromatic rings. The molecule has 27 heavy (non-hydrogen) atoms. The molecule has 0 atom stereocenters. The van der Waals surface area contributed by atoms with E-state index in [1.807, 2.05) is 32.1 Å². The monoisotopic (exact) mass is 381 g/mol. The Balaban J connectivity index is 1.69. The number of hydrogen-bond donors (Lipinski definition) is 0. The van der Waals surface area contributed by atoms with Crippen molar-refractivity contribution in [3.63, 3.8) is 0 Å². The van der Waals surface area contributed by atoms with Crippen molar-refractivity contribution in [2.24, 2.45) is 0 Å². The van der Waals surface area contributed by atoms with Gasteiger partial charge in [-0.15, -0.1) is 11.3 Å². The van der Waals surface area contributed by atoms with Crippen molar-refractivity contribution in [2.75, 3.05) is 6.61 Å². The highest BCUT2D eigenvalue weighted by Gasteiger charge is 2.23. The lowest BCUT2D eigenvalue weighted by Gasteiger charge is -2.07. The van der Waals surface area contributed by atoms with Crippen LogP contribution in [0.5, 0.6) is 5.75 Å². The number of aliphatic carboxylic acids is 1. The van der Waals surface area contributed by atoms with Crippen LogP contribution in [0.25, 0.3) is 21.9 Å². The quantitative estimate of drug-likeness (QED) is 0.691. The van der Waals surface area contributed by atoms with Crippen LogP contribution in [0, 0.1) is 13.8 Å². The van der Waals surface area contributed by atoms with Crippen molar-refractivity contribution in [1.29, 1.82) is 0 Å². The van der Waals surface area contributed by atoms with Crippen molar-refractivity contribution in [3.8, 4) is 5.75 Å². The second kappa shape index (κ2) is 6.66. The first kappa shape index (κ1) is 17.5. The Kier molecular flexibility index (Phi) is 4.31. The summed E-state index contributed by atoms with van der Waals surface area (Å²) in [5, 5.41) is 11.2. The molecule has 0 amide bonds. The van der Waals surface area contributed by atoms with E-state index in [1.54, 1.807) is 28.0 Å². The summed E-state index contributed by atoms with van der Waals surface area (Å²) < 4.78 is 6.84. The number of carbonyl (C=O) groups is 1. The van der Waals surface area contributed by atoms with Crippen LogP contribution in [0.2, 0.25) is 0 Å². The number of nitrogens with zero attached hydrogens (tertiary/aromatic N) is 2. The molecule has 1 aromatic carbocycles. The van der Waals surface area contributed by atoms with Crippen LogP contribution in [0.3, 0.4) is 0 Å². The minimum Gasteiger partial charge on any atom is -0.546 e. The highest BCUT2D eigenvalue weighted by molar-refractivity contribution is 7.18. The van der Waals surface area contributed by atoms with Crippen molar-refractivity contribution < 1.29 is 14.6 Å². The maximum atomic E-state index is 12.9. The number of aryl methyl sites for hydroxylation is 2. The first-order valence-corrected chi connectivity index (χ1v) is 9.40. The predicted octanol–water partition coefficient (Wildman–Crippen LogP) is 2.15. The normalized spacial score (nSPS) is 14.7. The van der Waals surface area contributed by atoms with E-state index >= 15 is 0 Å². The van der Waals surface area contributed by atoms with Crippen LogP contribution < -0.4 is 15.4 Å². The van der Waals surface area contributed by atoms with Gasteiger partial charge in [-0.25, -0.2) is 4.98 Å². The van der Waals surface area contributed by atoms with E-state index < -0.39 is 12.6 Å². The Bertz CT molecular complexity index is 1140. The Morgan fingerprint density at radius 1 is 1.33 bits per heavy atom. The smallest absolute Gasteiger partial charge is 0.262 e. The summed E-state index contributed by atoms with van der Waals surface area (Å²) in [7, 11) is 0. The number of carboxylic acids is 1.